The van der Waals surface area contributed by atoms with Crippen LogP contribution in [0.25, 0.3) is 0 Å². The van der Waals surface area contributed by atoms with Crippen molar-refractivity contribution in [2.24, 2.45) is 0 Å². The van der Waals surface area contributed by atoms with E-state index in [1.807, 2.05) is 0 Å². The van der Waals surface area contributed by atoms with E-state index in [-0.39, 0.29) is 35.8 Å². The second kappa shape index (κ2) is 13.9. The minimum atomic E-state index is -0.374. The average Bonchev–Trinajstić information content (AvgIpc) is 3.74. The summed E-state index contributed by atoms with van der Waals surface area (Å²) in [6.45, 7) is 2.34. The fraction of sp³-hybridized carbons (Fsp3) is 0.312. The van der Waals surface area contributed by atoms with Crippen molar-refractivity contribution >= 4 is 35.0 Å². The molecule has 2 aliphatic heterocycles. The summed E-state index contributed by atoms with van der Waals surface area (Å²) in [5.41, 5.74) is 2.52. The molecule has 0 bridgehead atoms. The summed E-state index contributed by atoms with van der Waals surface area (Å²) in [6, 6.07) is 19.6. The molecule has 42 heavy (non-hydrogen) atoms. The van der Waals surface area contributed by atoms with Crippen molar-refractivity contribution in [3.63, 3.8) is 0 Å². The fourth-order valence-electron chi connectivity index (χ4n) is 4.88. The minimum absolute atomic E-state index is 0.0421. The fourth-order valence-corrected chi connectivity index (χ4v) is 4.88. The number of nitrogens with one attached hydrogen (secondary N) is 4. The molecule has 0 radical (unpaired) electrons. The average molecular weight is 571 g/mol. The first-order chi connectivity index (χ1) is 20.4. The Bertz CT molecular complexity index is 1320. The smallest absolute Gasteiger partial charge is 0.255 e. The molecule has 2 fully saturated rings. The highest BCUT2D eigenvalue weighted by Gasteiger charge is 2.18. The zero-order chi connectivity index (χ0) is 29.3. The molecule has 2 atom stereocenters. The summed E-state index contributed by atoms with van der Waals surface area (Å²) < 4.78 is 11.1. The minimum Gasteiger partial charge on any atom is -0.376 e. The van der Waals surface area contributed by atoms with Crippen LogP contribution in [-0.2, 0) is 9.47 Å². The molecule has 3 aromatic rings. The lowest BCUT2D eigenvalue weighted by molar-refractivity contribution is 0.0854. The molecule has 218 valence electrons. The van der Waals surface area contributed by atoms with Crippen molar-refractivity contribution in [3.05, 3.63) is 95.1 Å². The largest absolute Gasteiger partial charge is 0.376 e. The molecule has 0 saturated carbocycles. The molecule has 0 spiro atoms. The van der Waals surface area contributed by atoms with Gasteiger partial charge in [-0.25, -0.2) is 0 Å². The second-order valence-electron chi connectivity index (χ2n) is 10.3. The van der Waals surface area contributed by atoms with Crippen molar-refractivity contribution < 1.29 is 28.7 Å². The van der Waals surface area contributed by atoms with Crippen molar-refractivity contribution in [3.8, 4) is 0 Å². The molecule has 2 unspecified atom stereocenters. The molecule has 0 aliphatic carbocycles. The molecule has 10 nitrogen and oxygen atoms in total. The van der Waals surface area contributed by atoms with Gasteiger partial charge in [0.2, 0.25) is 0 Å². The van der Waals surface area contributed by atoms with Crippen LogP contribution >= 0.6 is 0 Å². The maximum atomic E-state index is 12.8. The van der Waals surface area contributed by atoms with E-state index >= 15 is 0 Å². The second-order valence-corrected chi connectivity index (χ2v) is 10.3. The number of carbonyl (C=O) groups is 4. The molecular weight excluding hydrogens is 536 g/mol. The normalized spacial score (nSPS) is 17.8. The van der Waals surface area contributed by atoms with Gasteiger partial charge in [-0.05, 0) is 86.3 Å². The van der Waals surface area contributed by atoms with Gasteiger partial charge in [-0.3, -0.25) is 19.2 Å². The number of rotatable bonds is 10. The van der Waals surface area contributed by atoms with E-state index in [0.717, 1.165) is 38.9 Å². The quantitative estimate of drug-likeness (QED) is 0.291. The summed E-state index contributed by atoms with van der Waals surface area (Å²) in [4.78, 5) is 50.7. The number of hydrogen-bond acceptors (Lipinski definition) is 6. The highest BCUT2D eigenvalue weighted by Crippen LogP contribution is 2.17. The summed E-state index contributed by atoms with van der Waals surface area (Å²) in [6.07, 6.45) is 3.94. The zero-order valence-corrected chi connectivity index (χ0v) is 23.2. The van der Waals surface area contributed by atoms with Gasteiger partial charge in [0, 0.05) is 59.9 Å². The van der Waals surface area contributed by atoms with Crippen LogP contribution in [0.15, 0.2) is 72.8 Å². The van der Waals surface area contributed by atoms with Gasteiger partial charge in [-0.15, -0.1) is 0 Å². The maximum absolute atomic E-state index is 12.8. The Labute approximate surface area is 244 Å². The summed E-state index contributed by atoms with van der Waals surface area (Å²) in [7, 11) is 0. The molecule has 0 aromatic heterocycles. The number of carbonyl (C=O) groups excluding carboxylic acids is 4. The molecular formula is C32H34N4O6. The van der Waals surface area contributed by atoms with Gasteiger partial charge in [-0.2, -0.15) is 0 Å². The third kappa shape index (κ3) is 7.80. The monoisotopic (exact) mass is 570 g/mol. The summed E-state index contributed by atoms with van der Waals surface area (Å²) in [5.74, 6) is -1.22. The topological polar surface area (TPSA) is 135 Å². The van der Waals surface area contributed by atoms with Crippen LogP contribution < -0.4 is 21.3 Å². The predicted molar refractivity (Wildman–Crippen MR) is 158 cm³/mol. The number of hydrogen-bond donors (Lipinski definition) is 4. The third-order valence-corrected chi connectivity index (χ3v) is 7.20. The Morgan fingerprint density at radius 1 is 0.571 bits per heavy atom. The molecule has 2 saturated heterocycles. The van der Waals surface area contributed by atoms with Crippen LogP contribution in [0.1, 0.15) is 67.1 Å². The van der Waals surface area contributed by atoms with Crippen molar-refractivity contribution in [2.45, 2.75) is 37.9 Å². The molecule has 10 heteroatoms. The van der Waals surface area contributed by atoms with Gasteiger partial charge in [-0.1, -0.05) is 12.1 Å². The highest BCUT2D eigenvalue weighted by molar-refractivity contribution is 6.08. The molecule has 5 rings (SSSR count). The first kappa shape index (κ1) is 29.0. The van der Waals surface area contributed by atoms with Gasteiger partial charge in [0.25, 0.3) is 23.6 Å². The Morgan fingerprint density at radius 3 is 1.38 bits per heavy atom. The molecule has 2 aliphatic rings. The predicted octanol–water partition coefficient (Wildman–Crippen LogP) is 4.01. The van der Waals surface area contributed by atoms with Gasteiger partial charge in [0.15, 0.2) is 0 Å². The van der Waals surface area contributed by atoms with Crippen LogP contribution in [0.2, 0.25) is 0 Å². The Kier molecular flexibility index (Phi) is 9.58. The SMILES string of the molecule is O=C(NCC1CCCO1)c1cccc(NC(=O)c2ccc(C(=O)Nc3cccc(C(=O)NCC4CCCO4)c3)cc2)c1. The van der Waals surface area contributed by atoms with Crippen molar-refractivity contribution in [2.75, 3.05) is 36.9 Å². The summed E-state index contributed by atoms with van der Waals surface area (Å²) in [5, 5.41) is 11.3. The van der Waals surface area contributed by atoms with E-state index in [2.05, 4.69) is 21.3 Å². The number of benzene rings is 3. The molecule has 4 amide bonds. The third-order valence-electron chi connectivity index (χ3n) is 7.20. The van der Waals surface area contributed by atoms with E-state index in [4.69, 9.17) is 9.47 Å². The van der Waals surface area contributed by atoms with Gasteiger partial charge in [0.1, 0.15) is 0 Å². The first-order valence-electron chi connectivity index (χ1n) is 14.2. The molecule has 4 N–H and O–H groups in total. The first-order valence-corrected chi connectivity index (χ1v) is 14.2. The lowest BCUT2D eigenvalue weighted by Gasteiger charge is -2.12. The van der Waals surface area contributed by atoms with Gasteiger partial charge < -0.3 is 30.7 Å². The Balaban J connectivity index is 1.13. The van der Waals surface area contributed by atoms with E-state index in [1.54, 1.807) is 72.8 Å². The van der Waals surface area contributed by atoms with Crippen LogP contribution in [0, 0.1) is 0 Å². The molecule has 2 heterocycles. The standard InChI is InChI=1S/C32H34N4O6/c37-29(33-19-27-9-3-15-41-27)23-5-1-7-25(17-23)35-31(39)21-11-13-22(14-12-21)32(40)36-26-8-2-6-24(18-26)30(38)34-20-28-10-4-16-42-28/h1-2,5-8,11-14,17-18,27-28H,3-4,9-10,15-16,19-20H2,(H,33,37)(H,34,38)(H,35,39)(H,36,40). The Morgan fingerprint density at radius 2 is 1.00 bits per heavy atom. The van der Waals surface area contributed by atoms with Crippen molar-refractivity contribution in [1.82, 2.24) is 10.6 Å². The number of anilines is 2. The summed E-state index contributed by atoms with van der Waals surface area (Å²) >= 11 is 0. The van der Waals surface area contributed by atoms with E-state index in [9.17, 15) is 19.2 Å². The van der Waals surface area contributed by atoms with E-state index in [1.165, 1.54) is 0 Å². The Hall–Kier alpha value is -4.54. The van der Waals surface area contributed by atoms with Gasteiger partial charge >= 0.3 is 0 Å². The van der Waals surface area contributed by atoms with Crippen molar-refractivity contribution in [1.29, 1.82) is 0 Å². The van der Waals surface area contributed by atoms with Crippen LogP contribution in [-0.4, -0.2) is 62.1 Å². The van der Waals surface area contributed by atoms with Crippen LogP contribution in [0.4, 0.5) is 11.4 Å². The maximum Gasteiger partial charge on any atom is 0.255 e. The van der Waals surface area contributed by atoms with Crippen LogP contribution in [0.5, 0.6) is 0 Å². The molecule has 3 aromatic carbocycles. The lowest BCUT2D eigenvalue weighted by Crippen LogP contribution is -2.31. The van der Waals surface area contributed by atoms with E-state index in [0.29, 0.717) is 46.7 Å². The van der Waals surface area contributed by atoms with Gasteiger partial charge in [0.05, 0.1) is 12.2 Å². The highest BCUT2D eigenvalue weighted by atomic mass is 16.5. The number of amides is 4. The number of ether oxygens (including phenoxy) is 2. The van der Waals surface area contributed by atoms with E-state index < -0.39 is 0 Å². The zero-order valence-electron chi connectivity index (χ0n) is 23.2. The van der Waals surface area contributed by atoms with Crippen LogP contribution in [0.3, 0.4) is 0 Å². The lowest BCUT2D eigenvalue weighted by atomic mass is 10.1.